The standard InChI is InChI=1S/C14H15F3N2O2.ClH/c15-14(16,17)21-12-4-2-1-3-10(12)5-6-13(20)19-8-7-11(18)9-19;/h1-6,11H,7-9,18H2;1H/b6-5+;. The number of para-hydroxylation sites is 1. The fourth-order valence-corrected chi connectivity index (χ4v) is 2.09. The largest absolute Gasteiger partial charge is 0.573 e. The van der Waals surface area contributed by atoms with Crippen molar-refractivity contribution in [2.45, 2.75) is 18.8 Å². The minimum Gasteiger partial charge on any atom is -0.405 e. The van der Waals surface area contributed by atoms with Crippen molar-refractivity contribution < 1.29 is 22.7 Å². The average molecular weight is 337 g/mol. The molecule has 1 unspecified atom stereocenters. The van der Waals surface area contributed by atoms with Gasteiger partial charge in [-0.3, -0.25) is 4.79 Å². The lowest BCUT2D eigenvalue weighted by Crippen LogP contribution is -2.30. The number of nitrogens with zero attached hydrogens (tertiary/aromatic N) is 1. The van der Waals surface area contributed by atoms with Crippen molar-refractivity contribution in [2.24, 2.45) is 5.73 Å². The van der Waals surface area contributed by atoms with E-state index in [1.165, 1.54) is 30.4 Å². The predicted molar refractivity (Wildman–Crippen MR) is 78.6 cm³/mol. The van der Waals surface area contributed by atoms with Crippen LogP contribution in [0.5, 0.6) is 5.75 Å². The molecule has 0 spiro atoms. The van der Waals surface area contributed by atoms with Crippen LogP contribution in [0, 0.1) is 0 Å². The molecule has 1 saturated heterocycles. The lowest BCUT2D eigenvalue weighted by atomic mass is 10.2. The third-order valence-corrected chi connectivity index (χ3v) is 3.09. The van der Waals surface area contributed by atoms with Gasteiger partial charge >= 0.3 is 6.36 Å². The highest BCUT2D eigenvalue weighted by Gasteiger charge is 2.31. The quantitative estimate of drug-likeness (QED) is 0.863. The van der Waals surface area contributed by atoms with E-state index in [4.69, 9.17) is 5.73 Å². The van der Waals surface area contributed by atoms with Gasteiger partial charge in [0.05, 0.1) is 0 Å². The summed E-state index contributed by atoms with van der Waals surface area (Å²) in [5.41, 5.74) is 5.89. The van der Waals surface area contributed by atoms with E-state index in [-0.39, 0.29) is 35.7 Å². The zero-order valence-corrected chi connectivity index (χ0v) is 12.4. The van der Waals surface area contributed by atoms with Gasteiger partial charge in [-0.25, -0.2) is 0 Å². The van der Waals surface area contributed by atoms with E-state index in [0.717, 1.165) is 6.42 Å². The Hall–Kier alpha value is -1.73. The second-order valence-electron chi connectivity index (χ2n) is 4.75. The summed E-state index contributed by atoms with van der Waals surface area (Å²) in [5.74, 6) is -0.614. The fraction of sp³-hybridized carbons (Fsp3) is 0.357. The van der Waals surface area contributed by atoms with Gasteiger partial charge in [-0.1, -0.05) is 18.2 Å². The van der Waals surface area contributed by atoms with Gasteiger partial charge in [0.15, 0.2) is 0 Å². The number of rotatable bonds is 3. The van der Waals surface area contributed by atoms with Crippen molar-refractivity contribution in [1.29, 1.82) is 0 Å². The molecule has 1 fully saturated rings. The molecule has 2 N–H and O–H groups in total. The first-order valence-electron chi connectivity index (χ1n) is 6.42. The van der Waals surface area contributed by atoms with Crippen LogP contribution in [0.3, 0.4) is 0 Å². The first kappa shape index (κ1) is 18.3. The Balaban J connectivity index is 0.00000242. The number of carbonyl (C=O) groups is 1. The topological polar surface area (TPSA) is 55.6 Å². The van der Waals surface area contributed by atoms with Gasteiger partial charge in [0.25, 0.3) is 0 Å². The molecule has 1 aromatic carbocycles. The van der Waals surface area contributed by atoms with E-state index in [1.54, 1.807) is 11.0 Å². The predicted octanol–water partition coefficient (Wildman–Crippen LogP) is 2.58. The number of nitrogens with two attached hydrogens (primary N) is 1. The molecule has 122 valence electrons. The molecule has 1 amide bonds. The maximum atomic E-state index is 12.3. The molecule has 0 saturated carbocycles. The SMILES string of the molecule is Cl.NC1CCN(C(=O)/C=C/c2ccccc2OC(F)(F)F)C1. The Morgan fingerprint density at radius 1 is 1.36 bits per heavy atom. The van der Waals surface area contributed by atoms with Gasteiger partial charge in [0, 0.05) is 30.8 Å². The Bertz CT molecular complexity index is 549. The molecule has 1 aliphatic heterocycles. The Kier molecular flexibility index (Phi) is 6.25. The number of hydrogen-bond donors (Lipinski definition) is 1. The van der Waals surface area contributed by atoms with Gasteiger partial charge in [-0.15, -0.1) is 25.6 Å². The molecular formula is C14H16ClF3N2O2. The second-order valence-corrected chi connectivity index (χ2v) is 4.75. The number of likely N-dealkylation sites (tertiary alicyclic amines) is 1. The Morgan fingerprint density at radius 3 is 2.64 bits per heavy atom. The molecule has 0 radical (unpaired) electrons. The zero-order valence-electron chi connectivity index (χ0n) is 11.5. The van der Waals surface area contributed by atoms with Gasteiger partial charge in [-0.2, -0.15) is 0 Å². The molecule has 1 aromatic rings. The molecule has 1 heterocycles. The summed E-state index contributed by atoms with van der Waals surface area (Å²) in [6, 6.07) is 5.60. The van der Waals surface area contributed by atoms with Crippen LogP contribution in [0.4, 0.5) is 13.2 Å². The summed E-state index contributed by atoms with van der Waals surface area (Å²) < 4.78 is 40.7. The number of amides is 1. The van der Waals surface area contributed by atoms with E-state index < -0.39 is 6.36 Å². The van der Waals surface area contributed by atoms with Crippen LogP contribution in [0.25, 0.3) is 6.08 Å². The maximum absolute atomic E-state index is 12.3. The number of carbonyl (C=O) groups excluding carboxylic acids is 1. The fourth-order valence-electron chi connectivity index (χ4n) is 2.09. The minimum atomic E-state index is -4.77. The molecule has 22 heavy (non-hydrogen) atoms. The third kappa shape index (κ3) is 5.23. The highest BCUT2D eigenvalue weighted by molar-refractivity contribution is 5.92. The van der Waals surface area contributed by atoms with Crippen LogP contribution in [0.1, 0.15) is 12.0 Å². The normalized spacial score (nSPS) is 18.4. The number of halogens is 4. The number of ether oxygens (including phenoxy) is 1. The molecule has 1 atom stereocenters. The van der Waals surface area contributed by atoms with Gasteiger partial charge in [0.2, 0.25) is 5.91 Å². The summed E-state index contributed by atoms with van der Waals surface area (Å²) in [6.07, 6.45) is -1.49. The Labute approximate surface area is 132 Å². The molecule has 0 bridgehead atoms. The number of alkyl halides is 3. The first-order chi connectivity index (χ1) is 9.85. The maximum Gasteiger partial charge on any atom is 0.573 e. The molecule has 8 heteroatoms. The summed E-state index contributed by atoms with van der Waals surface area (Å²) in [6.45, 7) is 1.02. The van der Waals surface area contributed by atoms with Crippen molar-refractivity contribution in [3.63, 3.8) is 0 Å². The molecule has 0 aliphatic carbocycles. The number of benzene rings is 1. The van der Waals surface area contributed by atoms with E-state index in [9.17, 15) is 18.0 Å². The zero-order chi connectivity index (χ0) is 15.5. The van der Waals surface area contributed by atoms with Crippen molar-refractivity contribution in [1.82, 2.24) is 4.90 Å². The van der Waals surface area contributed by atoms with Crippen LogP contribution in [0.2, 0.25) is 0 Å². The van der Waals surface area contributed by atoms with Crippen LogP contribution < -0.4 is 10.5 Å². The highest BCUT2D eigenvalue weighted by atomic mass is 35.5. The lowest BCUT2D eigenvalue weighted by Gasteiger charge is -2.13. The summed E-state index contributed by atoms with van der Waals surface area (Å²) in [7, 11) is 0. The van der Waals surface area contributed by atoms with E-state index in [0.29, 0.717) is 13.1 Å². The molecule has 0 aromatic heterocycles. The van der Waals surface area contributed by atoms with E-state index in [1.807, 2.05) is 0 Å². The minimum absolute atomic E-state index is 0. The highest BCUT2D eigenvalue weighted by Crippen LogP contribution is 2.27. The van der Waals surface area contributed by atoms with Crippen molar-refractivity contribution in [3.05, 3.63) is 35.9 Å². The van der Waals surface area contributed by atoms with Crippen LogP contribution >= 0.6 is 12.4 Å². The number of hydrogen-bond acceptors (Lipinski definition) is 3. The van der Waals surface area contributed by atoms with Crippen molar-refractivity contribution in [2.75, 3.05) is 13.1 Å². The molecule has 2 rings (SSSR count). The van der Waals surface area contributed by atoms with Gasteiger partial charge < -0.3 is 15.4 Å². The first-order valence-corrected chi connectivity index (χ1v) is 6.42. The smallest absolute Gasteiger partial charge is 0.405 e. The molecular weight excluding hydrogens is 321 g/mol. The monoisotopic (exact) mass is 336 g/mol. The van der Waals surface area contributed by atoms with Crippen LogP contribution in [-0.4, -0.2) is 36.3 Å². The van der Waals surface area contributed by atoms with Gasteiger partial charge in [0.1, 0.15) is 5.75 Å². The summed E-state index contributed by atoms with van der Waals surface area (Å²) in [5, 5.41) is 0. The van der Waals surface area contributed by atoms with Gasteiger partial charge in [-0.05, 0) is 18.6 Å². The average Bonchev–Trinajstić information content (AvgIpc) is 2.82. The third-order valence-electron chi connectivity index (χ3n) is 3.09. The van der Waals surface area contributed by atoms with E-state index in [2.05, 4.69) is 4.74 Å². The second kappa shape index (κ2) is 7.51. The Morgan fingerprint density at radius 2 is 2.05 bits per heavy atom. The van der Waals surface area contributed by atoms with Crippen LogP contribution in [-0.2, 0) is 4.79 Å². The van der Waals surface area contributed by atoms with Crippen molar-refractivity contribution >= 4 is 24.4 Å². The summed E-state index contributed by atoms with van der Waals surface area (Å²) in [4.78, 5) is 13.4. The lowest BCUT2D eigenvalue weighted by molar-refractivity contribution is -0.274. The van der Waals surface area contributed by atoms with Crippen LogP contribution in [0.15, 0.2) is 30.3 Å². The summed E-state index contributed by atoms with van der Waals surface area (Å²) >= 11 is 0. The van der Waals surface area contributed by atoms with Crippen molar-refractivity contribution in [3.8, 4) is 5.75 Å². The molecule has 4 nitrogen and oxygen atoms in total. The molecule has 1 aliphatic rings. The van der Waals surface area contributed by atoms with E-state index >= 15 is 0 Å².